The molecule has 0 radical (unpaired) electrons. The van der Waals surface area contributed by atoms with Crippen LogP contribution in [0.25, 0.3) is 0 Å². The Kier molecular flexibility index (Phi) is 3.55. The van der Waals surface area contributed by atoms with Crippen LogP contribution in [-0.2, 0) is 6.42 Å². The van der Waals surface area contributed by atoms with Gasteiger partial charge < -0.3 is 0 Å². The van der Waals surface area contributed by atoms with Crippen LogP contribution in [0, 0.1) is 23.6 Å². The highest BCUT2D eigenvalue weighted by atomic mass is 35.5. The van der Waals surface area contributed by atoms with E-state index in [2.05, 4.69) is 0 Å². The molecule has 0 spiro atoms. The van der Waals surface area contributed by atoms with Crippen molar-refractivity contribution in [1.82, 2.24) is 0 Å². The normalized spacial score (nSPS) is 31.8. The maximum Gasteiger partial charge on any atom is 0.127 e. The van der Waals surface area contributed by atoms with E-state index in [0.717, 1.165) is 11.8 Å². The van der Waals surface area contributed by atoms with Gasteiger partial charge in [-0.3, -0.25) is 0 Å². The van der Waals surface area contributed by atoms with Crippen molar-refractivity contribution in [3.05, 3.63) is 34.6 Å². The topological polar surface area (TPSA) is 0 Å². The van der Waals surface area contributed by atoms with Crippen LogP contribution in [0.1, 0.15) is 31.2 Å². The number of alkyl halides is 1. The summed E-state index contributed by atoms with van der Waals surface area (Å²) in [6.07, 6.45) is 5.85. The molecule has 1 aromatic rings. The van der Waals surface area contributed by atoms with Gasteiger partial charge in [-0.25, -0.2) is 4.39 Å². The Morgan fingerprint density at radius 1 is 1.22 bits per heavy atom. The van der Waals surface area contributed by atoms with Gasteiger partial charge >= 0.3 is 0 Å². The summed E-state index contributed by atoms with van der Waals surface area (Å²) in [4.78, 5) is 0. The molecular weight excluding hydrogens is 270 g/mol. The fraction of sp³-hybridized carbons (Fsp3) is 0.600. The van der Waals surface area contributed by atoms with Crippen molar-refractivity contribution >= 4 is 23.2 Å². The van der Waals surface area contributed by atoms with E-state index < -0.39 is 0 Å². The Labute approximate surface area is 117 Å². The molecule has 18 heavy (non-hydrogen) atoms. The van der Waals surface area contributed by atoms with Crippen LogP contribution in [0.15, 0.2) is 18.2 Å². The summed E-state index contributed by atoms with van der Waals surface area (Å²) in [5.74, 6) is 1.96. The lowest BCUT2D eigenvalue weighted by molar-refractivity contribution is 0.480. The number of benzene rings is 1. The van der Waals surface area contributed by atoms with Gasteiger partial charge in [-0.2, -0.15) is 0 Å². The Hall–Kier alpha value is -0.270. The zero-order chi connectivity index (χ0) is 12.7. The molecule has 2 fully saturated rings. The van der Waals surface area contributed by atoms with Crippen molar-refractivity contribution in [3.8, 4) is 0 Å². The van der Waals surface area contributed by atoms with Crippen molar-refractivity contribution in [2.75, 3.05) is 0 Å². The van der Waals surface area contributed by atoms with Crippen LogP contribution in [0.5, 0.6) is 0 Å². The number of rotatable bonds is 3. The van der Waals surface area contributed by atoms with E-state index in [1.165, 1.54) is 31.7 Å². The third-order valence-electron chi connectivity index (χ3n) is 4.60. The average Bonchev–Trinajstić information content (AvgIpc) is 3.08. The summed E-state index contributed by atoms with van der Waals surface area (Å²) in [7, 11) is 0. The van der Waals surface area contributed by atoms with E-state index in [-0.39, 0.29) is 11.2 Å². The van der Waals surface area contributed by atoms with E-state index in [4.69, 9.17) is 23.2 Å². The van der Waals surface area contributed by atoms with Gasteiger partial charge in [0, 0.05) is 16.0 Å². The van der Waals surface area contributed by atoms with Crippen LogP contribution < -0.4 is 0 Å². The molecule has 2 saturated carbocycles. The average molecular weight is 287 g/mol. The molecule has 3 atom stereocenters. The smallest absolute Gasteiger partial charge is 0.127 e. The minimum absolute atomic E-state index is 0.0347. The number of hydrogen-bond acceptors (Lipinski definition) is 0. The van der Waals surface area contributed by atoms with Gasteiger partial charge in [0.25, 0.3) is 0 Å². The van der Waals surface area contributed by atoms with E-state index in [1.54, 1.807) is 12.1 Å². The van der Waals surface area contributed by atoms with Gasteiger partial charge in [0.2, 0.25) is 0 Å². The molecule has 3 unspecified atom stereocenters. The molecule has 3 heteroatoms. The second kappa shape index (κ2) is 5.02. The molecule has 0 N–H and O–H groups in total. The lowest BCUT2D eigenvalue weighted by Crippen LogP contribution is -2.10. The maximum absolute atomic E-state index is 13.7. The first kappa shape index (κ1) is 12.7. The van der Waals surface area contributed by atoms with E-state index in [1.807, 2.05) is 0 Å². The summed E-state index contributed by atoms with van der Waals surface area (Å²) in [6, 6.07) is 4.84. The molecule has 0 bridgehead atoms. The largest absolute Gasteiger partial charge is 0.207 e. The number of hydrogen-bond donors (Lipinski definition) is 0. The minimum atomic E-state index is -0.225. The van der Waals surface area contributed by atoms with E-state index in [9.17, 15) is 4.39 Å². The molecule has 0 heterocycles. The van der Waals surface area contributed by atoms with Gasteiger partial charge in [-0.1, -0.05) is 30.5 Å². The van der Waals surface area contributed by atoms with E-state index >= 15 is 0 Å². The van der Waals surface area contributed by atoms with Gasteiger partial charge in [-0.05, 0) is 49.1 Å². The summed E-state index contributed by atoms with van der Waals surface area (Å²) in [5, 5.41) is 0.539. The Morgan fingerprint density at radius 3 is 2.50 bits per heavy atom. The maximum atomic E-state index is 13.7. The molecule has 0 nitrogen and oxygen atoms in total. The van der Waals surface area contributed by atoms with Crippen molar-refractivity contribution in [3.63, 3.8) is 0 Å². The van der Waals surface area contributed by atoms with Crippen LogP contribution in [-0.4, -0.2) is 5.38 Å². The molecule has 2 aliphatic carbocycles. The summed E-state index contributed by atoms with van der Waals surface area (Å²) >= 11 is 12.6. The molecule has 2 aliphatic rings. The molecule has 0 aromatic heterocycles. The predicted molar refractivity (Wildman–Crippen MR) is 73.7 cm³/mol. The monoisotopic (exact) mass is 286 g/mol. The first-order valence-electron chi connectivity index (χ1n) is 6.75. The first-order valence-corrected chi connectivity index (χ1v) is 7.57. The molecule has 3 rings (SSSR count). The fourth-order valence-corrected chi connectivity index (χ4v) is 4.41. The minimum Gasteiger partial charge on any atom is -0.207 e. The highest BCUT2D eigenvalue weighted by Crippen LogP contribution is 2.58. The van der Waals surface area contributed by atoms with Gasteiger partial charge in [0.15, 0.2) is 0 Å². The van der Waals surface area contributed by atoms with Crippen LogP contribution in [0.2, 0.25) is 5.02 Å². The summed E-state index contributed by atoms with van der Waals surface area (Å²) in [6.45, 7) is 0. The number of halogens is 3. The van der Waals surface area contributed by atoms with Crippen molar-refractivity contribution < 1.29 is 4.39 Å². The first-order chi connectivity index (χ1) is 8.68. The Balaban J connectivity index is 1.70. The molecule has 0 aliphatic heterocycles. The molecule has 1 aromatic carbocycles. The third kappa shape index (κ3) is 2.28. The summed E-state index contributed by atoms with van der Waals surface area (Å²) in [5.41, 5.74) is 0.586. The second-order valence-corrected chi connectivity index (χ2v) is 6.58. The Morgan fingerprint density at radius 2 is 1.89 bits per heavy atom. The Bertz CT molecular complexity index is 414. The second-order valence-electron chi connectivity index (χ2n) is 5.61. The van der Waals surface area contributed by atoms with Crippen LogP contribution >= 0.6 is 23.2 Å². The lowest BCUT2D eigenvalue weighted by atomic mass is 10.0. The third-order valence-corrected chi connectivity index (χ3v) is 5.40. The molecule has 0 amide bonds. The lowest BCUT2D eigenvalue weighted by Gasteiger charge is -2.11. The molecular formula is C15H17Cl2F. The fourth-order valence-electron chi connectivity index (χ4n) is 3.64. The van der Waals surface area contributed by atoms with Gasteiger partial charge in [-0.15, -0.1) is 11.6 Å². The molecule has 98 valence electrons. The quantitative estimate of drug-likeness (QED) is 0.681. The highest BCUT2D eigenvalue weighted by Gasteiger charge is 2.53. The molecule has 0 saturated heterocycles. The van der Waals surface area contributed by atoms with Gasteiger partial charge in [0.05, 0.1) is 0 Å². The predicted octanol–water partition coefficient (Wildman–Crippen LogP) is 5.07. The SMILES string of the molecule is Fc1cccc(Cl)c1CC(Cl)C1C2CCCCC21. The zero-order valence-electron chi connectivity index (χ0n) is 10.2. The standard InChI is InChI=1S/C15H17Cl2F/c16-12-6-3-7-14(18)11(12)8-13(17)15-9-4-1-2-5-10(9)15/h3,6-7,9-10,13,15H,1-2,4-5,8H2. The van der Waals surface area contributed by atoms with Gasteiger partial charge in [0.1, 0.15) is 5.82 Å². The zero-order valence-corrected chi connectivity index (χ0v) is 11.7. The van der Waals surface area contributed by atoms with E-state index in [0.29, 0.717) is 22.9 Å². The van der Waals surface area contributed by atoms with Crippen molar-refractivity contribution in [2.24, 2.45) is 17.8 Å². The van der Waals surface area contributed by atoms with Crippen molar-refractivity contribution in [2.45, 2.75) is 37.5 Å². The van der Waals surface area contributed by atoms with Crippen molar-refractivity contribution in [1.29, 1.82) is 0 Å². The summed E-state index contributed by atoms with van der Waals surface area (Å²) < 4.78 is 13.7. The number of fused-ring (bicyclic) bond motifs is 1. The highest BCUT2D eigenvalue weighted by molar-refractivity contribution is 6.31. The van der Waals surface area contributed by atoms with Crippen LogP contribution in [0.3, 0.4) is 0 Å². The van der Waals surface area contributed by atoms with Crippen LogP contribution in [0.4, 0.5) is 4.39 Å².